The lowest BCUT2D eigenvalue weighted by Crippen LogP contribution is -2.26. The molecule has 0 bridgehead atoms. The molecule has 3 aromatic rings. The van der Waals surface area contributed by atoms with Crippen molar-refractivity contribution in [1.29, 1.82) is 0 Å². The van der Waals surface area contributed by atoms with E-state index in [1.807, 2.05) is 58.6 Å². The van der Waals surface area contributed by atoms with Crippen LogP contribution in [0.15, 0.2) is 65.2 Å². The Balaban J connectivity index is 1.47. The van der Waals surface area contributed by atoms with Crippen LogP contribution in [0, 0.1) is 5.92 Å². The largest absolute Gasteiger partial charge is 0.336 e. The standard InChI is InChI=1S/C21H19ClN4O2S/c22-18-7-2-1-5-15(18)12-25-9-10-29-21(25)24-20(28)16-11-19(27)26(13-16)14-17-6-3-4-8-23-17/h1-10,16H,11-14H2. The minimum Gasteiger partial charge on any atom is -0.336 e. The highest BCUT2D eigenvalue weighted by Gasteiger charge is 2.34. The number of amides is 2. The Labute approximate surface area is 177 Å². The summed E-state index contributed by atoms with van der Waals surface area (Å²) in [7, 11) is 0. The van der Waals surface area contributed by atoms with Crippen molar-refractivity contribution >= 4 is 34.8 Å². The van der Waals surface area contributed by atoms with E-state index in [1.165, 1.54) is 11.3 Å². The first-order chi connectivity index (χ1) is 14.1. The molecular weight excluding hydrogens is 408 g/mol. The summed E-state index contributed by atoms with van der Waals surface area (Å²) in [4.78, 5) is 35.9. The predicted molar refractivity (Wildman–Crippen MR) is 111 cm³/mol. The molecule has 0 N–H and O–H groups in total. The molecule has 2 amide bonds. The maximum atomic E-state index is 12.7. The van der Waals surface area contributed by atoms with E-state index in [9.17, 15) is 9.59 Å². The first-order valence-electron chi connectivity index (χ1n) is 9.24. The lowest BCUT2D eigenvalue weighted by molar-refractivity contribution is -0.128. The maximum Gasteiger partial charge on any atom is 0.253 e. The van der Waals surface area contributed by atoms with Gasteiger partial charge in [-0.05, 0) is 23.8 Å². The molecule has 29 heavy (non-hydrogen) atoms. The van der Waals surface area contributed by atoms with Crippen LogP contribution in [-0.4, -0.2) is 32.8 Å². The van der Waals surface area contributed by atoms with Gasteiger partial charge < -0.3 is 9.47 Å². The highest BCUT2D eigenvalue weighted by atomic mass is 35.5. The predicted octanol–water partition coefficient (Wildman–Crippen LogP) is 3.12. The molecule has 0 spiro atoms. The van der Waals surface area contributed by atoms with Gasteiger partial charge in [-0.25, -0.2) is 0 Å². The Hall–Kier alpha value is -2.77. The van der Waals surface area contributed by atoms with Gasteiger partial charge in [-0.1, -0.05) is 35.9 Å². The summed E-state index contributed by atoms with van der Waals surface area (Å²) in [5.41, 5.74) is 1.76. The molecule has 1 atom stereocenters. The number of benzene rings is 1. The molecule has 0 radical (unpaired) electrons. The summed E-state index contributed by atoms with van der Waals surface area (Å²) in [6.45, 7) is 1.31. The lowest BCUT2D eigenvalue weighted by Gasteiger charge is -2.15. The van der Waals surface area contributed by atoms with E-state index in [4.69, 9.17) is 11.6 Å². The fourth-order valence-corrected chi connectivity index (χ4v) is 4.21. The Morgan fingerprint density at radius 2 is 2.03 bits per heavy atom. The molecular formula is C21H19ClN4O2S. The van der Waals surface area contributed by atoms with E-state index >= 15 is 0 Å². The van der Waals surface area contributed by atoms with Crippen LogP contribution in [0.5, 0.6) is 0 Å². The molecule has 1 aromatic carbocycles. The molecule has 1 aliphatic heterocycles. The van der Waals surface area contributed by atoms with Gasteiger partial charge in [0, 0.05) is 35.8 Å². The van der Waals surface area contributed by atoms with Crippen LogP contribution in [-0.2, 0) is 22.7 Å². The fraction of sp³-hybridized carbons (Fsp3) is 0.238. The van der Waals surface area contributed by atoms with Crippen LogP contribution in [0.4, 0.5) is 0 Å². The van der Waals surface area contributed by atoms with Gasteiger partial charge >= 0.3 is 0 Å². The third-order valence-electron chi connectivity index (χ3n) is 4.81. The highest BCUT2D eigenvalue weighted by Crippen LogP contribution is 2.21. The quantitative estimate of drug-likeness (QED) is 0.629. The lowest BCUT2D eigenvalue weighted by atomic mass is 10.1. The summed E-state index contributed by atoms with van der Waals surface area (Å²) >= 11 is 7.64. The smallest absolute Gasteiger partial charge is 0.253 e. The number of aromatic nitrogens is 2. The summed E-state index contributed by atoms with van der Waals surface area (Å²) in [5, 5.41) is 2.56. The summed E-state index contributed by atoms with van der Waals surface area (Å²) in [6.07, 6.45) is 3.76. The number of carbonyl (C=O) groups excluding carboxylic acids is 2. The van der Waals surface area contributed by atoms with Crippen molar-refractivity contribution in [3.8, 4) is 0 Å². The zero-order chi connectivity index (χ0) is 20.2. The van der Waals surface area contributed by atoms with Crippen molar-refractivity contribution < 1.29 is 9.59 Å². The van der Waals surface area contributed by atoms with Crippen molar-refractivity contribution in [2.45, 2.75) is 19.5 Å². The molecule has 4 rings (SSSR count). The zero-order valence-corrected chi connectivity index (χ0v) is 17.1. The average molecular weight is 427 g/mol. The van der Waals surface area contributed by atoms with Crippen LogP contribution < -0.4 is 4.80 Å². The number of thiazole rings is 1. The van der Waals surface area contributed by atoms with Crippen molar-refractivity contribution in [2.75, 3.05) is 6.54 Å². The molecule has 148 valence electrons. The van der Waals surface area contributed by atoms with Crippen molar-refractivity contribution in [3.05, 3.63) is 81.3 Å². The van der Waals surface area contributed by atoms with E-state index in [0.29, 0.717) is 29.5 Å². The van der Waals surface area contributed by atoms with Crippen molar-refractivity contribution in [3.63, 3.8) is 0 Å². The van der Waals surface area contributed by atoms with Crippen LogP contribution in [0.1, 0.15) is 17.7 Å². The van der Waals surface area contributed by atoms with Crippen LogP contribution >= 0.6 is 22.9 Å². The third kappa shape index (κ3) is 4.63. The second kappa shape index (κ2) is 8.71. The number of halogens is 1. The van der Waals surface area contributed by atoms with Gasteiger partial charge in [-0.15, -0.1) is 11.3 Å². The molecule has 3 heterocycles. The topological polar surface area (TPSA) is 67.6 Å². The number of hydrogen-bond acceptors (Lipinski definition) is 4. The van der Waals surface area contributed by atoms with Crippen LogP contribution in [0.3, 0.4) is 0 Å². The number of pyridine rings is 1. The Bertz CT molecular complexity index is 1090. The fourth-order valence-electron chi connectivity index (χ4n) is 3.28. The van der Waals surface area contributed by atoms with Gasteiger partial charge in [0.2, 0.25) is 5.91 Å². The van der Waals surface area contributed by atoms with Crippen molar-refractivity contribution in [2.24, 2.45) is 10.9 Å². The number of carbonyl (C=O) groups is 2. The van der Waals surface area contributed by atoms with E-state index in [0.717, 1.165) is 11.3 Å². The average Bonchev–Trinajstić information content (AvgIpc) is 3.31. The van der Waals surface area contributed by atoms with Gasteiger partial charge in [0.25, 0.3) is 5.91 Å². The molecule has 6 nitrogen and oxygen atoms in total. The molecule has 0 saturated carbocycles. The third-order valence-corrected chi connectivity index (χ3v) is 5.97. The number of rotatable bonds is 5. The Kier molecular flexibility index (Phi) is 5.87. The number of likely N-dealkylation sites (tertiary alicyclic amines) is 1. The van der Waals surface area contributed by atoms with Gasteiger partial charge in [-0.3, -0.25) is 14.6 Å². The van der Waals surface area contributed by atoms with E-state index in [2.05, 4.69) is 9.98 Å². The highest BCUT2D eigenvalue weighted by molar-refractivity contribution is 7.07. The molecule has 8 heteroatoms. The first kappa shape index (κ1) is 19.5. The first-order valence-corrected chi connectivity index (χ1v) is 10.5. The van der Waals surface area contributed by atoms with Gasteiger partial charge in [0.15, 0.2) is 4.80 Å². The van der Waals surface area contributed by atoms with Crippen LogP contribution in [0.2, 0.25) is 5.02 Å². The molecule has 1 saturated heterocycles. The minimum atomic E-state index is -0.429. The SMILES string of the molecule is O=C(N=c1sccn1Cc1ccccc1Cl)C1CC(=O)N(Cc2ccccn2)C1. The Morgan fingerprint density at radius 3 is 2.83 bits per heavy atom. The van der Waals surface area contributed by atoms with E-state index in [-0.39, 0.29) is 18.2 Å². The van der Waals surface area contributed by atoms with Crippen LogP contribution in [0.25, 0.3) is 0 Å². The monoisotopic (exact) mass is 426 g/mol. The van der Waals surface area contributed by atoms with E-state index < -0.39 is 5.92 Å². The number of hydrogen-bond donors (Lipinski definition) is 0. The Morgan fingerprint density at radius 1 is 1.21 bits per heavy atom. The van der Waals surface area contributed by atoms with E-state index in [1.54, 1.807) is 11.1 Å². The second-order valence-corrected chi connectivity index (χ2v) is 8.13. The zero-order valence-electron chi connectivity index (χ0n) is 15.6. The molecule has 0 aliphatic carbocycles. The number of nitrogens with zero attached hydrogens (tertiary/aromatic N) is 4. The summed E-state index contributed by atoms with van der Waals surface area (Å²) in [6, 6.07) is 13.2. The second-order valence-electron chi connectivity index (χ2n) is 6.85. The maximum absolute atomic E-state index is 12.7. The normalized spacial score (nSPS) is 17.1. The van der Waals surface area contributed by atoms with Gasteiger partial charge in [-0.2, -0.15) is 4.99 Å². The summed E-state index contributed by atoms with van der Waals surface area (Å²) < 4.78 is 1.90. The molecule has 1 unspecified atom stereocenters. The van der Waals surface area contributed by atoms with Gasteiger partial charge in [0.05, 0.1) is 24.7 Å². The summed E-state index contributed by atoms with van der Waals surface area (Å²) in [5.74, 6) is -0.737. The van der Waals surface area contributed by atoms with Gasteiger partial charge in [0.1, 0.15) is 0 Å². The molecule has 2 aromatic heterocycles. The molecule has 1 aliphatic rings. The molecule has 1 fully saturated rings. The minimum absolute atomic E-state index is 0.0423. The van der Waals surface area contributed by atoms with Crippen molar-refractivity contribution in [1.82, 2.24) is 14.5 Å².